The van der Waals surface area contributed by atoms with Crippen LogP contribution in [0, 0.1) is 0 Å². The zero-order valence-corrected chi connectivity index (χ0v) is 12.7. The molecule has 1 atom stereocenters. The van der Waals surface area contributed by atoms with Crippen molar-refractivity contribution in [1.29, 1.82) is 0 Å². The Morgan fingerprint density at radius 1 is 1.42 bits per heavy atom. The molecule has 1 aromatic heterocycles. The first-order valence-corrected chi connectivity index (χ1v) is 7.49. The number of amides is 1. The van der Waals surface area contributed by atoms with E-state index in [2.05, 4.69) is 10.4 Å². The molecule has 2 aromatic rings. The molecule has 0 saturated carbocycles. The van der Waals surface area contributed by atoms with Crippen molar-refractivity contribution in [2.45, 2.75) is 25.1 Å². The lowest BCUT2D eigenvalue weighted by molar-refractivity contribution is -0.142. The molecule has 0 spiro atoms. The van der Waals surface area contributed by atoms with Crippen molar-refractivity contribution in [3.63, 3.8) is 0 Å². The van der Waals surface area contributed by atoms with Gasteiger partial charge in [0, 0.05) is 24.3 Å². The van der Waals surface area contributed by atoms with Gasteiger partial charge < -0.3 is 10.1 Å². The Morgan fingerprint density at radius 2 is 2.25 bits per heavy atom. The fourth-order valence-corrected chi connectivity index (χ4v) is 2.63. The molecule has 1 unspecified atom stereocenters. The average Bonchev–Trinajstić information content (AvgIpc) is 3.18. The van der Waals surface area contributed by atoms with Gasteiger partial charge in [-0.3, -0.25) is 9.48 Å². The fraction of sp³-hybridized carbons (Fsp3) is 0.375. The minimum Gasteiger partial charge on any atom is -0.381 e. The molecule has 0 aliphatic carbocycles. The first kappa shape index (κ1) is 16.5. The Morgan fingerprint density at radius 3 is 2.96 bits per heavy atom. The third kappa shape index (κ3) is 4.14. The Labute approximate surface area is 136 Å². The van der Waals surface area contributed by atoms with E-state index in [4.69, 9.17) is 4.74 Å². The van der Waals surface area contributed by atoms with Gasteiger partial charge in [-0.2, -0.15) is 18.3 Å². The van der Waals surface area contributed by atoms with Crippen molar-refractivity contribution >= 4 is 11.6 Å². The summed E-state index contributed by atoms with van der Waals surface area (Å²) in [7, 11) is 0. The topological polar surface area (TPSA) is 56.2 Å². The Kier molecular flexibility index (Phi) is 4.57. The largest absolute Gasteiger partial charge is 0.408 e. The van der Waals surface area contributed by atoms with Gasteiger partial charge in [-0.15, -0.1) is 0 Å². The van der Waals surface area contributed by atoms with Crippen LogP contribution in [0.2, 0.25) is 0 Å². The summed E-state index contributed by atoms with van der Waals surface area (Å²) in [5, 5.41) is 6.16. The maximum atomic E-state index is 12.3. The number of carbonyl (C=O) groups excluding carboxylic acids is 1. The van der Waals surface area contributed by atoms with Gasteiger partial charge in [-0.25, -0.2) is 0 Å². The summed E-state index contributed by atoms with van der Waals surface area (Å²) >= 11 is 0. The van der Waals surface area contributed by atoms with E-state index in [1.165, 1.54) is 6.20 Å². The summed E-state index contributed by atoms with van der Waals surface area (Å²) in [4.78, 5) is 12.3. The molecule has 1 fully saturated rings. The molecule has 1 N–H and O–H groups in total. The number of anilines is 1. The predicted octanol–water partition coefficient (Wildman–Crippen LogP) is 3.20. The second-order valence-electron chi connectivity index (χ2n) is 5.68. The number of nitrogens with zero attached hydrogens (tertiary/aromatic N) is 2. The molecule has 1 saturated heterocycles. The van der Waals surface area contributed by atoms with E-state index in [0.717, 1.165) is 22.9 Å². The number of rotatable bonds is 4. The summed E-state index contributed by atoms with van der Waals surface area (Å²) in [6.07, 6.45) is -1.10. The van der Waals surface area contributed by atoms with Crippen LogP contribution in [-0.4, -0.2) is 35.1 Å². The number of alkyl halides is 3. The molecule has 5 nitrogen and oxygen atoms in total. The van der Waals surface area contributed by atoms with Crippen molar-refractivity contribution in [3.05, 3.63) is 47.8 Å². The maximum absolute atomic E-state index is 12.3. The van der Waals surface area contributed by atoms with E-state index < -0.39 is 12.7 Å². The van der Waals surface area contributed by atoms with Crippen LogP contribution in [0.15, 0.2) is 36.7 Å². The quantitative estimate of drug-likeness (QED) is 0.931. The molecule has 1 aromatic carbocycles. The van der Waals surface area contributed by atoms with Crippen molar-refractivity contribution in [1.82, 2.24) is 9.78 Å². The standard InChI is InChI=1S/C16H16F3N3O2/c17-16(18,19)10-22-8-14(7-20-22)21-15(23)12-3-1-2-11(6-12)13-4-5-24-9-13/h1-3,6-8,13H,4-5,9-10H2,(H,21,23). The van der Waals surface area contributed by atoms with E-state index in [1.807, 2.05) is 6.07 Å². The fourth-order valence-electron chi connectivity index (χ4n) is 2.63. The maximum Gasteiger partial charge on any atom is 0.408 e. The number of carbonyl (C=O) groups is 1. The van der Waals surface area contributed by atoms with Crippen LogP contribution < -0.4 is 5.32 Å². The zero-order valence-electron chi connectivity index (χ0n) is 12.7. The highest BCUT2D eigenvalue weighted by molar-refractivity contribution is 6.04. The normalized spacial score (nSPS) is 17.9. The van der Waals surface area contributed by atoms with Gasteiger partial charge in [-0.1, -0.05) is 12.1 Å². The van der Waals surface area contributed by atoms with Crippen molar-refractivity contribution < 1.29 is 22.7 Å². The van der Waals surface area contributed by atoms with Gasteiger partial charge in [0.2, 0.25) is 0 Å². The SMILES string of the molecule is O=C(Nc1cnn(CC(F)(F)F)c1)c1cccc(C2CCOC2)c1. The van der Waals surface area contributed by atoms with Gasteiger partial charge in [0.1, 0.15) is 6.54 Å². The van der Waals surface area contributed by atoms with Crippen LogP contribution in [0.25, 0.3) is 0 Å². The number of halogens is 3. The van der Waals surface area contributed by atoms with Crippen LogP contribution in [0.1, 0.15) is 28.3 Å². The molecule has 0 bridgehead atoms. The molecule has 3 rings (SSSR count). The highest BCUT2D eigenvalue weighted by atomic mass is 19.4. The number of benzene rings is 1. The van der Waals surface area contributed by atoms with E-state index >= 15 is 0 Å². The van der Waals surface area contributed by atoms with Gasteiger partial charge in [-0.05, 0) is 24.1 Å². The summed E-state index contributed by atoms with van der Waals surface area (Å²) in [6, 6.07) is 7.18. The lowest BCUT2D eigenvalue weighted by atomic mass is 9.96. The predicted molar refractivity (Wildman–Crippen MR) is 80.9 cm³/mol. The first-order valence-electron chi connectivity index (χ1n) is 7.49. The molecule has 128 valence electrons. The van der Waals surface area contributed by atoms with Crippen molar-refractivity contribution in [2.75, 3.05) is 18.5 Å². The molecular weight excluding hydrogens is 323 g/mol. The lowest BCUT2D eigenvalue weighted by Gasteiger charge is -2.10. The van der Waals surface area contributed by atoms with E-state index in [-0.39, 0.29) is 17.5 Å². The van der Waals surface area contributed by atoms with Crippen molar-refractivity contribution in [2.24, 2.45) is 0 Å². The monoisotopic (exact) mass is 339 g/mol. The molecular formula is C16H16F3N3O2. The highest BCUT2D eigenvalue weighted by Gasteiger charge is 2.28. The first-order chi connectivity index (χ1) is 11.4. The summed E-state index contributed by atoms with van der Waals surface area (Å²) in [5.74, 6) is -0.116. The Balaban J connectivity index is 1.67. The van der Waals surface area contributed by atoms with Crippen LogP contribution in [0.5, 0.6) is 0 Å². The summed E-state index contributed by atoms with van der Waals surface area (Å²) < 4.78 is 43.0. The third-order valence-corrected chi connectivity index (χ3v) is 3.78. The minimum atomic E-state index is -4.36. The molecule has 1 amide bonds. The van der Waals surface area contributed by atoms with Crippen LogP contribution in [-0.2, 0) is 11.3 Å². The molecule has 8 heteroatoms. The highest BCUT2D eigenvalue weighted by Crippen LogP contribution is 2.26. The van der Waals surface area contributed by atoms with E-state index in [0.29, 0.717) is 18.8 Å². The van der Waals surface area contributed by atoms with E-state index in [1.54, 1.807) is 18.2 Å². The lowest BCUT2D eigenvalue weighted by Crippen LogP contribution is -2.18. The summed E-state index contributed by atoms with van der Waals surface area (Å²) in [6.45, 7) is 0.148. The van der Waals surface area contributed by atoms with Gasteiger partial charge >= 0.3 is 6.18 Å². The van der Waals surface area contributed by atoms with Crippen LogP contribution >= 0.6 is 0 Å². The zero-order chi connectivity index (χ0) is 17.2. The van der Waals surface area contributed by atoms with Crippen LogP contribution in [0.3, 0.4) is 0 Å². The number of ether oxygens (including phenoxy) is 1. The molecule has 0 radical (unpaired) electrons. The molecule has 1 aliphatic heterocycles. The molecule has 1 aliphatic rings. The Hall–Kier alpha value is -2.35. The molecule has 2 heterocycles. The van der Waals surface area contributed by atoms with Gasteiger partial charge in [0.25, 0.3) is 5.91 Å². The number of hydrogen-bond acceptors (Lipinski definition) is 3. The second kappa shape index (κ2) is 6.64. The minimum absolute atomic E-state index is 0.221. The molecule has 24 heavy (non-hydrogen) atoms. The number of aromatic nitrogens is 2. The number of nitrogens with one attached hydrogen (secondary N) is 1. The van der Waals surface area contributed by atoms with Gasteiger partial charge in [0.05, 0.1) is 18.5 Å². The average molecular weight is 339 g/mol. The Bertz CT molecular complexity index is 721. The van der Waals surface area contributed by atoms with E-state index in [9.17, 15) is 18.0 Å². The second-order valence-corrected chi connectivity index (χ2v) is 5.68. The van der Waals surface area contributed by atoms with Crippen LogP contribution in [0.4, 0.5) is 18.9 Å². The third-order valence-electron chi connectivity index (χ3n) is 3.78. The van der Waals surface area contributed by atoms with Gasteiger partial charge in [0.15, 0.2) is 0 Å². The summed E-state index contributed by atoms with van der Waals surface area (Å²) in [5.41, 5.74) is 1.69. The number of hydrogen-bond donors (Lipinski definition) is 1. The smallest absolute Gasteiger partial charge is 0.381 e. The van der Waals surface area contributed by atoms with Crippen molar-refractivity contribution in [3.8, 4) is 0 Å².